The third kappa shape index (κ3) is 4.88. The molecule has 0 fully saturated rings. The van der Waals surface area contributed by atoms with E-state index in [0.717, 1.165) is 38.6 Å². The molecule has 0 radical (unpaired) electrons. The molecule has 0 saturated heterocycles. The van der Waals surface area contributed by atoms with Crippen molar-refractivity contribution in [1.82, 2.24) is 4.57 Å². The number of nitriles is 3. The molecule has 5 heteroatoms. The summed E-state index contributed by atoms with van der Waals surface area (Å²) in [4.78, 5) is 0. The standard InChI is InChI=1S/C45H28N4Si/c46-29-32-19-22-44-41(25-32)42-26-33(30-47)20-23-45(42)49(44)43-24-21-35(27-36(43)31-48)34-11-10-18-40(28-34)50(37-12-4-1-5-13-37,38-14-6-2-7-15-38)39-16-8-3-9-17-39/h1-28H. The first-order valence-electron chi connectivity index (χ1n) is 16.4. The molecule has 0 bridgehead atoms. The fourth-order valence-electron chi connectivity index (χ4n) is 7.42. The number of aromatic nitrogens is 1. The van der Waals surface area contributed by atoms with E-state index in [-0.39, 0.29) is 0 Å². The SMILES string of the molecule is N#Cc1ccc2c(c1)c1cc(C#N)ccc1n2-c1ccc(-c2cccc([Si](c3ccccc3)(c3ccccc3)c3ccccc3)c2)cc1C#N. The third-order valence-electron chi connectivity index (χ3n) is 9.63. The first-order chi connectivity index (χ1) is 24.6. The van der Waals surface area contributed by atoms with Crippen LogP contribution in [-0.4, -0.2) is 12.6 Å². The van der Waals surface area contributed by atoms with Crippen LogP contribution in [0.25, 0.3) is 38.6 Å². The fourth-order valence-corrected chi connectivity index (χ4v) is 12.2. The van der Waals surface area contributed by atoms with E-state index >= 15 is 0 Å². The van der Waals surface area contributed by atoms with E-state index in [1.165, 1.54) is 20.7 Å². The van der Waals surface area contributed by atoms with Crippen LogP contribution in [0, 0.1) is 34.0 Å². The molecule has 8 rings (SSSR count). The Kier molecular flexibility index (Phi) is 7.63. The Labute approximate surface area is 291 Å². The zero-order chi connectivity index (χ0) is 34.1. The molecule has 7 aromatic carbocycles. The summed E-state index contributed by atoms with van der Waals surface area (Å²) in [5.74, 6) is 0. The number of rotatable bonds is 6. The van der Waals surface area contributed by atoms with E-state index in [0.29, 0.717) is 16.7 Å². The third-order valence-corrected chi connectivity index (χ3v) is 14.4. The quantitative estimate of drug-likeness (QED) is 0.138. The number of nitrogens with zero attached hydrogens (tertiary/aromatic N) is 4. The van der Waals surface area contributed by atoms with E-state index in [9.17, 15) is 15.8 Å². The Morgan fingerprint density at radius 1 is 0.400 bits per heavy atom. The topological polar surface area (TPSA) is 76.3 Å². The summed E-state index contributed by atoms with van der Waals surface area (Å²) in [6.07, 6.45) is 0. The largest absolute Gasteiger partial charge is 0.308 e. The summed E-state index contributed by atoms with van der Waals surface area (Å²) >= 11 is 0. The summed E-state index contributed by atoms with van der Waals surface area (Å²) in [6.45, 7) is 0. The molecule has 0 unspecified atom stereocenters. The van der Waals surface area contributed by atoms with Crippen molar-refractivity contribution in [2.24, 2.45) is 0 Å². The lowest BCUT2D eigenvalue weighted by molar-refractivity contribution is 1.17. The monoisotopic (exact) mass is 652 g/mol. The molecule has 0 saturated carbocycles. The molecule has 4 nitrogen and oxygen atoms in total. The van der Waals surface area contributed by atoms with Crippen molar-refractivity contribution >= 4 is 50.6 Å². The van der Waals surface area contributed by atoms with Gasteiger partial charge in [0.15, 0.2) is 8.07 Å². The van der Waals surface area contributed by atoms with Crippen LogP contribution in [-0.2, 0) is 0 Å². The lowest BCUT2D eigenvalue weighted by atomic mass is 10.0. The predicted octanol–water partition coefficient (Wildman–Crippen LogP) is 7.44. The maximum Gasteiger partial charge on any atom is 0.179 e. The maximum atomic E-state index is 10.6. The molecule has 1 aromatic heterocycles. The Hall–Kier alpha value is -6.97. The van der Waals surface area contributed by atoms with Crippen LogP contribution in [0.5, 0.6) is 0 Å². The summed E-state index contributed by atoms with van der Waals surface area (Å²) in [6, 6.07) is 65.4. The summed E-state index contributed by atoms with van der Waals surface area (Å²) in [7, 11) is -2.73. The maximum absolute atomic E-state index is 10.6. The van der Waals surface area contributed by atoms with Gasteiger partial charge in [0.05, 0.1) is 45.5 Å². The summed E-state index contributed by atoms with van der Waals surface area (Å²) < 4.78 is 2.06. The number of hydrogen-bond acceptors (Lipinski definition) is 3. The van der Waals surface area contributed by atoms with E-state index in [2.05, 4.69) is 144 Å². The van der Waals surface area contributed by atoms with E-state index < -0.39 is 8.07 Å². The first kappa shape index (κ1) is 30.4. The van der Waals surface area contributed by atoms with Gasteiger partial charge >= 0.3 is 0 Å². The van der Waals surface area contributed by atoms with Crippen molar-refractivity contribution in [3.63, 3.8) is 0 Å². The lowest BCUT2D eigenvalue weighted by Crippen LogP contribution is -2.74. The van der Waals surface area contributed by atoms with Gasteiger partial charge in [0.25, 0.3) is 0 Å². The normalized spacial score (nSPS) is 11.1. The highest BCUT2D eigenvalue weighted by molar-refractivity contribution is 7.19. The summed E-state index contributed by atoms with van der Waals surface area (Å²) in [5.41, 5.74) is 6.05. The van der Waals surface area contributed by atoms with Crippen molar-refractivity contribution in [2.45, 2.75) is 0 Å². The number of hydrogen-bond donors (Lipinski definition) is 0. The van der Waals surface area contributed by atoms with Crippen molar-refractivity contribution in [3.8, 4) is 35.0 Å². The van der Waals surface area contributed by atoms with Crippen molar-refractivity contribution < 1.29 is 0 Å². The highest BCUT2D eigenvalue weighted by atomic mass is 28.3. The zero-order valence-corrected chi connectivity index (χ0v) is 28.0. The van der Waals surface area contributed by atoms with Gasteiger partial charge in [-0.1, -0.05) is 121 Å². The van der Waals surface area contributed by atoms with Gasteiger partial charge in [-0.2, -0.15) is 15.8 Å². The summed E-state index contributed by atoms with van der Waals surface area (Å²) in [5, 5.41) is 36.7. The van der Waals surface area contributed by atoms with Crippen molar-refractivity contribution in [1.29, 1.82) is 15.8 Å². The molecule has 232 valence electrons. The van der Waals surface area contributed by atoms with Crippen LogP contribution in [0.15, 0.2) is 170 Å². The fraction of sp³-hybridized carbons (Fsp3) is 0. The molecule has 0 spiro atoms. The number of benzene rings is 7. The van der Waals surface area contributed by atoms with Gasteiger partial charge in [0.1, 0.15) is 6.07 Å². The van der Waals surface area contributed by atoms with Gasteiger partial charge in [0, 0.05) is 10.8 Å². The molecule has 1 heterocycles. The predicted molar refractivity (Wildman–Crippen MR) is 204 cm³/mol. The molecule has 0 amide bonds. The zero-order valence-electron chi connectivity index (χ0n) is 27.0. The average Bonchev–Trinajstić information content (AvgIpc) is 3.52. The van der Waals surface area contributed by atoms with Gasteiger partial charge in [-0.3, -0.25) is 0 Å². The Bertz CT molecular complexity index is 2510. The van der Waals surface area contributed by atoms with Crippen molar-refractivity contribution in [3.05, 3.63) is 187 Å². The molecule has 0 aliphatic carbocycles. The second-order valence-corrected chi connectivity index (χ2v) is 16.1. The first-order valence-corrected chi connectivity index (χ1v) is 18.4. The van der Waals surface area contributed by atoms with Crippen LogP contribution in [0.3, 0.4) is 0 Å². The average molecular weight is 653 g/mol. The highest BCUT2D eigenvalue weighted by Crippen LogP contribution is 2.35. The van der Waals surface area contributed by atoms with Crippen LogP contribution in [0.2, 0.25) is 0 Å². The second-order valence-electron chi connectivity index (χ2n) is 12.3. The van der Waals surface area contributed by atoms with Crippen LogP contribution in [0.4, 0.5) is 0 Å². The van der Waals surface area contributed by atoms with Gasteiger partial charge in [-0.05, 0) is 80.4 Å². The van der Waals surface area contributed by atoms with Crippen LogP contribution in [0.1, 0.15) is 16.7 Å². The van der Waals surface area contributed by atoms with E-state index in [4.69, 9.17) is 0 Å². The highest BCUT2D eigenvalue weighted by Gasteiger charge is 2.41. The number of fused-ring (bicyclic) bond motifs is 3. The lowest BCUT2D eigenvalue weighted by Gasteiger charge is -2.34. The van der Waals surface area contributed by atoms with Crippen LogP contribution >= 0.6 is 0 Å². The van der Waals surface area contributed by atoms with Gasteiger partial charge in [-0.25, -0.2) is 0 Å². The van der Waals surface area contributed by atoms with Gasteiger partial charge in [-0.15, -0.1) is 0 Å². The molecule has 0 atom stereocenters. The molecule has 8 aromatic rings. The van der Waals surface area contributed by atoms with Gasteiger partial charge in [0.2, 0.25) is 0 Å². The molecule has 0 aliphatic heterocycles. The molecule has 0 aliphatic rings. The molecular formula is C45H28N4Si. The van der Waals surface area contributed by atoms with Crippen molar-refractivity contribution in [2.75, 3.05) is 0 Å². The minimum Gasteiger partial charge on any atom is -0.308 e. The van der Waals surface area contributed by atoms with E-state index in [1.807, 2.05) is 36.4 Å². The molecule has 0 N–H and O–H groups in total. The Balaban J connectivity index is 1.33. The Morgan fingerprint density at radius 2 is 0.880 bits per heavy atom. The van der Waals surface area contributed by atoms with Gasteiger partial charge < -0.3 is 4.57 Å². The second kappa shape index (κ2) is 12.6. The minimum absolute atomic E-state index is 0.526. The van der Waals surface area contributed by atoms with E-state index in [1.54, 1.807) is 12.1 Å². The molecule has 50 heavy (non-hydrogen) atoms. The smallest absolute Gasteiger partial charge is 0.179 e. The van der Waals surface area contributed by atoms with Crippen LogP contribution < -0.4 is 20.7 Å². The Morgan fingerprint density at radius 3 is 1.36 bits per heavy atom. The molecular weight excluding hydrogens is 625 g/mol. The minimum atomic E-state index is -2.73.